The molecule has 0 bridgehead atoms. The summed E-state index contributed by atoms with van der Waals surface area (Å²) < 4.78 is 16.5. The Bertz CT molecular complexity index is 563. The second-order valence-electron chi connectivity index (χ2n) is 6.24. The molecule has 6 nitrogen and oxygen atoms in total. The molecule has 0 amide bonds. The predicted octanol–water partition coefficient (Wildman–Crippen LogP) is 1.92. The molecule has 1 heterocycles. The summed E-state index contributed by atoms with van der Waals surface area (Å²) in [5.74, 6) is 0.897. The highest BCUT2D eigenvalue weighted by atomic mass is 16.5. The summed E-state index contributed by atoms with van der Waals surface area (Å²) in [6.45, 7) is 9.19. The predicted molar refractivity (Wildman–Crippen MR) is 100 cm³/mol. The summed E-state index contributed by atoms with van der Waals surface area (Å²) in [5, 5.41) is 3.37. The van der Waals surface area contributed by atoms with E-state index in [2.05, 4.69) is 47.3 Å². The Kier molecular flexibility index (Phi) is 8.18. The van der Waals surface area contributed by atoms with E-state index < -0.39 is 0 Å². The highest BCUT2D eigenvalue weighted by molar-refractivity contribution is 5.80. The third-order valence-corrected chi connectivity index (χ3v) is 4.31. The van der Waals surface area contributed by atoms with Gasteiger partial charge in [0.2, 0.25) is 0 Å². The van der Waals surface area contributed by atoms with Gasteiger partial charge in [-0.3, -0.25) is 4.99 Å². The molecule has 0 radical (unpaired) electrons. The number of hydrogen-bond acceptors (Lipinski definition) is 4. The molecule has 2 rings (SSSR count). The van der Waals surface area contributed by atoms with Crippen molar-refractivity contribution in [2.24, 2.45) is 4.99 Å². The van der Waals surface area contributed by atoms with Gasteiger partial charge in [-0.25, -0.2) is 0 Å². The highest BCUT2D eigenvalue weighted by Gasteiger charge is 2.25. The van der Waals surface area contributed by atoms with Gasteiger partial charge < -0.3 is 24.4 Å². The molecule has 1 aliphatic heterocycles. The first kappa shape index (κ1) is 19.7. The van der Waals surface area contributed by atoms with E-state index in [1.807, 2.05) is 7.05 Å². The van der Waals surface area contributed by atoms with E-state index >= 15 is 0 Å². The Labute approximate surface area is 151 Å². The molecule has 1 fully saturated rings. The van der Waals surface area contributed by atoms with Crippen LogP contribution in [0.2, 0.25) is 0 Å². The van der Waals surface area contributed by atoms with Crippen molar-refractivity contribution in [3.8, 4) is 0 Å². The fraction of sp³-hybridized carbons (Fsp3) is 0.632. The van der Waals surface area contributed by atoms with Gasteiger partial charge in [0, 0.05) is 27.2 Å². The molecule has 6 heteroatoms. The van der Waals surface area contributed by atoms with Crippen molar-refractivity contribution < 1.29 is 14.2 Å². The molecule has 1 aromatic carbocycles. The molecule has 1 N–H and O–H groups in total. The third kappa shape index (κ3) is 5.99. The van der Waals surface area contributed by atoms with Gasteiger partial charge in [-0.15, -0.1) is 0 Å². The zero-order chi connectivity index (χ0) is 18.1. The van der Waals surface area contributed by atoms with Gasteiger partial charge in [0.15, 0.2) is 5.96 Å². The van der Waals surface area contributed by atoms with E-state index in [9.17, 15) is 0 Å². The number of aryl methyl sites for hydroxylation is 2. The largest absolute Gasteiger partial charge is 0.382 e. The van der Waals surface area contributed by atoms with E-state index in [1.165, 1.54) is 16.7 Å². The van der Waals surface area contributed by atoms with E-state index in [0.29, 0.717) is 26.4 Å². The Morgan fingerprint density at radius 3 is 2.88 bits per heavy atom. The first-order chi connectivity index (χ1) is 12.2. The zero-order valence-electron chi connectivity index (χ0n) is 15.9. The Morgan fingerprint density at radius 1 is 1.32 bits per heavy atom. The van der Waals surface area contributed by atoms with Crippen molar-refractivity contribution in [2.75, 3.05) is 60.2 Å². The van der Waals surface area contributed by atoms with Gasteiger partial charge in [-0.2, -0.15) is 0 Å². The van der Waals surface area contributed by atoms with Gasteiger partial charge in [0.05, 0.1) is 33.0 Å². The number of ether oxygens (including phenoxy) is 3. The minimum Gasteiger partial charge on any atom is -0.382 e. The van der Waals surface area contributed by atoms with Crippen LogP contribution in [0, 0.1) is 13.8 Å². The van der Waals surface area contributed by atoms with Crippen molar-refractivity contribution >= 4 is 5.96 Å². The normalized spacial score (nSPS) is 18.5. The number of nitrogens with one attached hydrogen (secondary N) is 1. The molecular weight excluding hydrogens is 318 g/mol. The maximum atomic E-state index is 6.02. The first-order valence-corrected chi connectivity index (χ1v) is 8.86. The Balaban J connectivity index is 1.88. The Hall–Kier alpha value is -1.63. The number of methoxy groups -OCH3 is 1. The molecule has 0 aliphatic carbocycles. The van der Waals surface area contributed by atoms with Crippen molar-refractivity contribution in [2.45, 2.75) is 20.0 Å². The summed E-state index contributed by atoms with van der Waals surface area (Å²) in [5.41, 5.74) is 3.81. The van der Waals surface area contributed by atoms with Crippen LogP contribution in [-0.2, 0) is 14.2 Å². The number of nitrogens with zero attached hydrogens (tertiary/aromatic N) is 2. The topological polar surface area (TPSA) is 55.3 Å². The average Bonchev–Trinajstić information content (AvgIpc) is 2.61. The summed E-state index contributed by atoms with van der Waals surface area (Å²) >= 11 is 0. The minimum absolute atomic E-state index is 0.0749. The summed E-state index contributed by atoms with van der Waals surface area (Å²) in [6, 6.07) is 6.54. The second-order valence-corrected chi connectivity index (χ2v) is 6.24. The van der Waals surface area contributed by atoms with Crippen LogP contribution >= 0.6 is 0 Å². The first-order valence-electron chi connectivity index (χ1n) is 8.86. The van der Waals surface area contributed by atoms with Gasteiger partial charge >= 0.3 is 0 Å². The highest BCUT2D eigenvalue weighted by Crippen LogP contribution is 2.25. The molecule has 1 unspecified atom stereocenters. The molecule has 0 saturated carbocycles. The van der Waals surface area contributed by atoms with Crippen LogP contribution in [0.25, 0.3) is 0 Å². The molecule has 1 aromatic rings. The van der Waals surface area contributed by atoms with Crippen molar-refractivity contribution in [3.63, 3.8) is 0 Å². The summed E-state index contributed by atoms with van der Waals surface area (Å²) in [4.78, 5) is 6.66. The van der Waals surface area contributed by atoms with Gasteiger partial charge in [-0.1, -0.05) is 23.8 Å². The molecular formula is C19H31N3O3. The molecule has 0 spiro atoms. The van der Waals surface area contributed by atoms with Gasteiger partial charge in [0.25, 0.3) is 0 Å². The SMILES string of the molecule is CN=C(NCCOCCOC)N1CCOC(c2ccc(C)cc2C)C1. The summed E-state index contributed by atoms with van der Waals surface area (Å²) in [7, 11) is 3.49. The number of benzene rings is 1. The van der Waals surface area contributed by atoms with Gasteiger partial charge in [-0.05, 0) is 25.0 Å². The standard InChI is InChI=1S/C19H31N3O3/c1-15-5-6-17(16(2)13-15)18-14-22(8-10-25-18)19(20-3)21-7-9-24-12-11-23-4/h5-6,13,18H,7-12,14H2,1-4H3,(H,20,21). The van der Waals surface area contributed by atoms with Crippen molar-refractivity contribution in [1.29, 1.82) is 0 Å². The van der Waals surface area contributed by atoms with Crippen molar-refractivity contribution in [3.05, 3.63) is 34.9 Å². The number of aliphatic imine (C=N–C) groups is 1. The van der Waals surface area contributed by atoms with E-state index in [1.54, 1.807) is 7.11 Å². The monoisotopic (exact) mass is 349 g/mol. The zero-order valence-corrected chi connectivity index (χ0v) is 15.9. The number of rotatable bonds is 7. The second kappa shape index (κ2) is 10.4. The van der Waals surface area contributed by atoms with Crippen molar-refractivity contribution in [1.82, 2.24) is 10.2 Å². The smallest absolute Gasteiger partial charge is 0.193 e. The van der Waals surface area contributed by atoms with Crippen LogP contribution in [0.3, 0.4) is 0 Å². The minimum atomic E-state index is 0.0749. The molecule has 25 heavy (non-hydrogen) atoms. The average molecular weight is 349 g/mol. The molecule has 1 saturated heterocycles. The lowest BCUT2D eigenvalue weighted by Crippen LogP contribution is -2.48. The van der Waals surface area contributed by atoms with E-state index in [0.717, 1.165) is 25.6 Å². The van der Waals surface area contributed by atoms with Crippen LogP contribution < -0.4 is 5.32 Å². The number of morpholine rings is 1. The molecule has 1 aliphatic rings. The van der Waals surface area contributed by atoms with Crippen LogP contribution in [0.15, 0.2) is 23.2 Å². The number of guanidine groups is 1. The maximum Gasteiger partial charge on any atom is 0.193 e. The number of hydrogen-bond donors (Lipinski definition) is 1. The molecule has 0 aromatic heterocycles. The van der Waals surface area contributed by atoms with Gasteiger partial charge in [0.1, 0.15) is 6.10 Å². The summed E-state index contributed by atoms with van der Waals surface area (Å²) in [6.07, 6.45) is 0.0749. The van der Waals surface area contributed by atoms with E-state index in [-0.39, 0.29) is 6.10 Å². The van der Waals surface area contributed by atoms with Crippen LogP contribution in [0.4, 0.5) is 0 Å². The quantitative estimate of drug-likeness (QED) is 0.463. The fourth-order valence-corrected chi connectivity index (χ4v) is 3.03. The lowest BCUT2D eigenvalue weighted by Gasteiger charge is -2.35. The van der Waals surface area contributed by atoms with Crippen LogP contribution in [-0.4, -0.2) is 71.1 Å². The fourth-order valence-electron chi connectivity index (χ4n) is 3.03. The van der Waals surface area contributed by atoms with Crippen LogP contribution in [0.5, 0.6) is 0 Å². The lowest BCUT2D eigenvalue weighted by molar-refractivity contribution is -0.00848. The molecule has 1 atom stereocenters. The maximum absolute atomic E-state index is 6.02. The lowest BCUT2D eigenvalue weighted by atomic mass is 10.00. The molecule has 140 valence electrons. The third-order valence-electron chi connectivity index (χ3n) is 4.31. The Morgan fingerprint density at radius 2 is 2.16 bits per heavy atom. The van der Waals surface area contributed by atoms with E-state index in [4.69, 9.17) is 14.2 Å². The van der Waals surface area contributed by atoms with Crippen LogP contribution in [0.1, 0.15) is 22.8 Å².